The Kier molecular flexibility index (Phi) is 6.25. The average molecular weight is 481 g/mol. The lowest BCUT2D eigenvalue weighted by Crippen LogP contribution is -2.67. The van der Waals surface area contributed by atoms with Crippen LogP contribution >= 0.6 is 0 Å². The van der Waals surface area contributed by atoms with Crippen molar-refractivity contribution in [2.45, 2.75) is 56.3 Å². The molecule has 36 heavy (non-hydrogen) atoms. The van der Waals surface area contributed by atoms with Crippen LogP contribution in [0.2, 0.25) is 0 Å². The van der Waals surface area contributed by atoms with Gasteiger partial charge in [-0.15, -0.1) is 6.58 Å². The lowest BCUT2D eigenvalue weighted by molar-refractivity contribution is -0.0349. The molecule has 0 N–H and O–H groups in total. The van der Waals surface area contributed by atoms with Gasteiger partial charge in [-0.2, -0.15) is 0 Å². The van der Waals surface area contributed by atoms with Crippen molar-refractivity contribution < 1.29 is 9.53 Å². The first-order chi connectivity index (χ1) is 17.3. The standard InChI is InChI=1S/C32H36N2O2/c1-5-31-22-21-28(34(31)29(35)36-30(2,3)4)23-33(24-31)32(25-15-9-6-10-16-25,26-17-11-7-12-18-26)27-19-13-8-14-20-27/h5-20,28H,1,21-24H2,2-4H3. The van der Waals surface area contributed by atoms with E-state index in [0.717, 1.165) is 19.4 Å². The third-order valence-electron chi connectivity index (χ3n) is 7.67. The van der Waals surface area contributed by atoms with Crippen LogP contribution < -0.4 is 0 Å². The minimum atomic E-state index is -0.544. The summed E-state index contributed by atoms with van der Waals surface area (Å²) in [5.41, 5.74) is 2.10. The zero-order valence-electron chi connectivity index (χ0n) is 21.6. The van der Waals surface area contributed by atoms with Gasteiger partial charge in [0.25, 0.3) is 0 Å². The lowest BCUT2D eigenvalue weighted by atomic mass is 9.74. The fourth-order valence-corrected chi connectivity index (χ4v) is 6.26. The fourth-order valence-electron chi connectivity index (χ4n) is 6.26. The second kappa shape index (κ2) is 9.25. The number of nitrogens with zero attached hydrogens (tertiary/aromatic N) is 2. The smallest absolute Gasteiger partial charge is 0.411 e. The van der Waals surface area contributed by atoms with Gasteiger partial charge in [0.1, 0.15) is 5.60 Å². The third-order valence-corrected chi connectivity index (χ3v) is 7.67. The summed E-state index contributed by atoms with van der Waals surface area (Å²) in [6.07, 6.45) is 3.55. The molecule has 2 aliphatic heterocycles. The van der Waals surface area contributed by atoms with Gasteiger partial charge in [-0.1, -0.05) is 97.1 Å². The maximum absolute atomic E-state index is 13.4. The van der Waals surface area contributed by atoms with Crippen molar-refractivity contribution >= 4 is 6.09 Å². The molecule has 2 atom stereocenters. The van der Waals surface area contributed by atoms with Crippen molar-refractivity contribution in [2.75, 3.05) is 13.1 Å². The third kappa shape index (κ3) is 4.04. The van der Waals surface area contributed by atoms with E-state index < -0.39 is 16.7 Å². The monoisotopic (exact) mass is 480 g/mol. The summed E-state index contributed by atoms with van der Waals surface area (Å²) in [6, 6.07) is 32.3. The van der Waals surface area contributed by atoms with Gasteiger partial charge in [0.2, 0.25) is 0 Å². The summed E-state index contributed by atoms with van der Waals surface area (Å²) in [4.78, 5) is 18.0. The van der Waals surface area contributed by atoms with E-state index in [1.54, 1.807) is 0 Å². The molecule has 186 valence electrons. The fraction of sp³-hybridized carbons (Fsp3) is 0.344. The van der Waals surface area contributed by atoms with Gasteiger partial charge in [0.05, 0.1) is 11.1 Å². The topological polar surface area (TPSA) is 32.8 Å². The van der Waals surface area contributed by atoms with E-state index in [-0.39, 0.29) is 12.1 Å². The van der Waals surface area contributed by atoms with Crippen LogP contribution in [-0.4, -0.2) is 46.2 Å². The number of hydrogen-bond donors (Lipinski definition) is 0. The second-order valence-corrected chi connectivity index (χ2v) is 11.0. The number of fused-ring (bicyclic) bond motifs is 2. The summed E-state index contributed by atoms with van der Waals surface area (Å²) in [5.74, 6) is 0. The van der Waals surface area contributed by atoms with Crippen molar-refractivity contribution in [3.8, 4) is 0 Å². The van der Waals surface area contributed by atoms with Crippen LogP contribution in [0.3, 0.4) is 0 Å². The van der Waals surface area contributed by atoms with E-state index in [0.29, 0.717) is 6.54 Å². The molecule has 2 saturated heterocycles. The molecule has 0 radical (unpaired) electrons. The Hall–Kier alpha value is -3.37. The zero-order chi connectivity index (χ0) is 25.4. The Morgan fingerprint density at radius 1 is 0.889 bits per heavy atom. The van der Waals surface area contributed by atoms with Crippen LogP contribution in [0, 0.1) is 0 Å². The summed E-state index contributed by atoms with van der Waals surface area (Å²) < 4.78 is 5.88. The number of hydrogen-bond acceptors (Lipinski definition) is 3. The number of piperazine rings is 1. The van der Waals surface area contributed by atoms with E-state index in [9.17, 15) is 4.79 Å². The Morgan fingerprint density at radius 2 is 1.36 bits per heavy atom. The van der Waals surface area contributed by atoms with Crippen molar-refractivity contribution in [1.29, 1.82) is 0 Å². The Bertz CT molecular complexity index is 1110. The highest BCUT2D eigenvalue weighted by atomic mass is 16.6. The first kappa shape index (κ1) is 24.3. The van der Waals surface area contributed by atoms with Crippen LogP contribution in [0.4, 0.5) is 4.79 Å². The number of amides is 1. The molecule has 0 saturated carbocycles. The van der Waals surface area contributed by atoms with Gasteiger partial charge in [0.15, 0.2) is 0 Å². The maximum Gasteiger partial charge on any atom is 0.411 e. The normalized spacial score (nSPS) is 22.3. The summed E-state index contributed by atoms with van der Waals surface area (Å²) >= 11 is 0. The molecule has 0 aromatic heterocycles. The van der Waals surface area contributed by atoms with Crippen LogP contribution in [-0.2, 0) is 10.3 Å². The first-order valence-corrected chi connectivity index (χ1v) is 12.9. The number of ether oxygens (including phenoxy) is 1. The molecule has 2 aliphatic rings. The number of benzene rings is 3. The quantitative estimate of drug-likeness (QED) is 0.304. The molecule has 2 heterocycles. The molecule has 2 fully saturated rings. The van der Waals surface area contributed by atoms with Crippen molar-refractivity contribution in [1.82, 2.24) is 9.80 Å². The highest BCUT2D eigenvalue weighted by Crippen LogP contribution is 2.49. The molecule has 0 spiro atoms. The van der Waals surface area contributed by atoms with Gasteiger partial charge < -0.3 is 4.74 Å². The van der Waals surface area contributed by atoms with Crippen molar-refractivity contribution in [3.05, 3.63) is 120 Å². The number of likely N-dealkylation sites (tertiary alicyclic amines) is 1. The molecule has 1 amide bonds. The average Bonchev–Trinajstić information content (AvgIpc) is 3.13. The Balaban J connectivity index is 1.68. The van der Waals surface area contributed by atoms with E-state index in [2.05, 4.69) is 102 Å². The molecule has 2 bridgehead atoms. The van der Waals surface area contributed by atoms with Gasteiger partial charge in [0, 0.05) is 19.1 Å². The molecule has 4 nitrogen and oxygen atoms in total. The van der Waals surface area contributed by atoms with Gasteiger partial charge in [-0.05, 0) is 50.3 Å². The SMILES string of the molecule is C=CC12CCC(CN(C(c3ccccc3)(c3ccccc3)c3ccccc3)C1)N2C(=O)OC(C)(C)C. The minimum absolute atomic E-state index is 0.0436. The summed E-state index contributed by atoms with van der Waals surface area (Å²) in [6.45, 7) is 11.4. The van der Waals surface area contributed by atoms with Crippen LogP contribution in [0.15, 0.2) is 104 Å². The Labute approximate surface area is 215 Å². The summed E-state index contributed by atoms with van der Waals surface area (Å²) in [7, 11) is 0. The number of carbonyl (C=O) groups is 1. The van der Waals surface area contributed by atoms with Crippen LogP contribution in [0.25, 0.3) is 0 Å². The highest BCUT2D eigenvalue weighted by molar-refractivity contribution is 5.71. The second-order valence-electron chi connectivity index (χ2n) is 11.0. The first-order valence-electron chi connectivity index (χ1n) is 12.9. The van der Waals surface area contributed by atoms with Gasteiger partial charge in [-0.25, -0.2) is 4.79 Å². The van der Waals surface area contributed by atoms with Gasteiger partial charge >= 0.3 is 6.09 Å². The van der Waals surface area contributed by atoms with Crippen molar-refractivity contribution in [3.63, 3.8) is 0 Å². The van der Waals surface area contributed by atoms with E-state index in [1.807, 2.05) is 31.7 Å². The number of rotatable bonds is 5. The molecule has 4 heteroatoms. The van der Waals surface area contributed by atoms with Crippen LogP contribution in [0.1, 0.15) is 50.3 Å². The summed E-state index contributed by atoms with van der Waals surface area (Å²) in [5, 5.41) is 0. The molecular formula is C32H36N2O2. The maximum atomic E-state index is 13.4. The predicted octanol–water partition coefficient (Wildman–Crippen LogP) is 6.62. The van der Waals surface area contributed by atoms with E-state index in [1.165, 1.54) is 16.7 Å². The largest absolute Gasteiger partial charge is 0.444 e. The molecular weight excluding hydrogens is 444 g/mol. The molecule has 5 rings (SSSR count). The molecule has 2 unspecified atom stereocenters. The lowest BCUT2D eigenvalue weighted by Gasteiger charge is -2.54. The van der Waals surface area contributed by atoms with Gasteiger partial charge in [-0.3, -0.25) is 9.80 Å². The number of carbonyl (C=O) groups excluding carboxylic acids is 1. The van der Waals surface area contributed by atoms with E-state index >= 15 is 0 Å². The zero-order valence-corrected chi connectivity index (χ0v) is 21.6. The predicted molar refractivity (Wildman–Crippen MR) is 145 cm³/mol. The minimum Gasteiger partial charge on any atom is -0.444 e. The Morgan fingerprint density at radius 3 is 1.78 bits per heavy atom. The molecule has 3 aromatic rings. The van der Waals surface area contributed by atoms with Crippen LogP contribution in [0.5, 0.6) is 0 Å². The van der Waals surface area contributed by atoms with E-state index in [4.69, 9.17) is 4.74 Å². The molecule has 0 aliphatic carbocycles. The van der Waals surface area contributed by atoms with Crippen molar-refractivity contribution in [2.24, 2.45) is 0 Å². The highest BCUT2D eigenvalue weighted by Gasteiger charge is 2.57. The molecule has 3 aromatic carbocycles.